The van der Waals surface area contributed by atoms with E-state index in [1.807, 2.05) is 48.5 Å². The molecule has 0 aliphatic carbocycles. The third kappa shape index (κ3) is 5.52. The van der Waals surface area contributed by atoms with Crippen LogP contribution in [-0.4, -0.2) is 50.5 Å². The maximum absolute atomic E-state index is 14.1. The van der Waals surface area contributed by atoms with E-state index in [0.717, 1.165) is 21.9 Å². The van der Waals surface area contributed by atoms with Crippen LogP contribution in [-0.2, 0) is 37.8 Å². The Balaban J connectivity index is 1.52. The maximum atomic E-state index is 14.1. The van der Waals surface area contributed by atoms with Gasteiger partial charge in [-0.2, -0.15) is 8.61 Å². The zero-order valence-electron chi connectivity index (χ0n) is 23.2. The fourth-order valence-corrected chi connectivity index (χ4v) is 8.35. The van der Waals surface area contributed by atoms with Gasteiger partial charge in [-0.1, -0.05) is 74.5 Å². The molecule has 5 rings (SSSR count). The van der Waals surface area contributed by atoms with Crippen LogP contribution in [0.25, 0.3) is 10.8 Å². The van der Waals surface area contributed by atoms with E-state index in [4.69, 9.17) is 0 Å². The van der Waals surface area contributed by atoms with Crippen molar-refractivity contribution in [3.8, 4) is 0 Å². The van der Waals surface area contributed by atoms with Crippen molar-refractivity contribution in [3.63, 3.8) is 0 Å². The first-order chi connectivity index (χ1) is 19.6. The SMILES string of the molecule is CCN(CC)S(=O)(=O)c1ccc(C)c(NC(=O)[C@H]2Cc3ccccc3CN2S(=O)(=O)c2ccc3ccccc3c2)c1. The maximum Gasteiger partial charge on any atom is 0.244 e. The molecule has 1 amide bonds. The minimum absolute atomic E-state index is 0.0405. The standard InChI is InChI=1S/C31H33N3O5S2/c1-4-33(5-2)40(36,37)28-16-14-22(3)29(20-28)32-31(35)30-19-25-12-8-9-13-26(25)21-34(30)41(38,39)27-17-15-23-10-6-7-11-24(23)18-27/h6-18,20,30H,4-5,19,21H2,1-3H3,(H,32,35)/t30-/m1/s1. The number of anilines is 1. The number of aryl methyl sites for hydroxylation is 1. The summed E-state index contributed by atoms with van der Waals surface area (Å²) in [5, 5.41) is 4.56. The van der Waals surface area contributed by atoms with E-state index in [0.29, 0.717) is 24.3 Å². The van der Waals surface area contributed by atoms with Crippen LogP contribution in [0.1, 0.15) is 30.5 Å². The molecule has 1 N–H and O–H groups in total. The van der Waals surface area contributed by atoms with Gasteiger partial charge in [0.05, 0.1) is 9.79 Å². The lowest BCUT2D eigenvalue weighted by molar-refractivity contribution is -0.120. The molecule has 0 bridgehead atoms. The Morgan fingerprint density at radius 3 is 2.17 bits per heavy atom. The summed E-state index contributed by atoms with van der Waals surface area (Å²) in [5.74, 6) is -0.524. The summed E-state index contributed by atoms with van der Waals surface area (Å²) in [7, 11) is -7.83. The smallest absolute Gasteiger partial charge is 0.244 e. The van der Waals surface area contributed by atoms with Crippen LogP contribution in [0.3, 0.4) is 0 Å². The van der Waals surface area contributed by atoms with E-state index in [1.165, 1.54) is 20.7 Å². The third-order valence-corrected chi connectivity index (χ3v) is 11.5. The highest BCUT2D eigenvalue weighted by atomic mass is 32.2. The average molecular weight is 592 g/mol. The first-order valence-electron chi connectivity index (χ1n) is 13.6. The first kappa shape index (κ1) is 28.9. The molecule has 41 heavy (non-hydrogen) atoms. The van der Waals surface area contributed by atoms with E-state index in [9.17, 15) is 21.6 Å². The normalized spacial score (nSPS) is 16.0. The van der Waals surface area contributed by atoms with E-state index < -0.39 is 32.0 Å². The Hall–Kier alpha value is -3.57. The highest BCUT2D eigenvalue weighted by Gasteiger charge is 2.40. The number of hydrogen-bond donors (Lipinski definition) is 1. The molecule has 0 fully saturated rings. The van der Waals surface area contributed by atoms with Crippen LogP contribution in [0.2, 0.25) is 0 Å². The third-order valence-electron chi connectivity index (χ3n) is 7.65. The van der Waals surface area contributed by atoms with Gasteiger partial charge in [0.15, 0.2) is 0 Å². The lowest BCUT2D eigenvalue weighted by Gasteiger charge is -2.35. The number of carbonyl (C=O) groups is 1. The predicted octanol–water partition coefficient (Wildman–Crippen LogP) is 4.93. The van der Waals surface area contributed by atoms with Crippen molar-refractivity contribution in [1.29, 1.82) is 0 Å². The van der Waals surface area contributed by atoms with Crippen molar-refractivity contribution in [3.05, 3.63) is 102 Å². The predicted molar refractivity (Wildman–Crippen MR) is 161 cm³/mol. The highest BCUT2D eigenvalue weighted by molar-refractivity contribution is 7.89. The quantitative estimate of drug-likeness (QED) is 0.313. The molecule has 0 spiro atoms. The molecule has 0 saturated carbocycles. The number of amides is 1. The van der Waals surface area contributed by atoms with Crippen molar-refractivity contribution in [2.24, 2.45) is 0 Å². The molecule has 0 aromatic heterocycles. The van der Waals surface area contributed by atoms with Crippen molar-refractivity contribution in [2.75, 3.05) is 18.4 Å². The first-order valence-corrected chi connectivity index (χ1v) is 16.4. The Morgan fingerprint density at radius 1 is 0.829 bits per heavy atom. The second kappa shape index (κ2) is 11.4. The fraction of sp³-hybridized carbons (Fsp3) is 0.258. The minimum atomic E-state index is -4.07. The van der Waals surface area contributed by atoms with Gasteiger partial charge in [-0.15, -0.1) is 0 Å². The summed E-state index contributed by atoms with van der Waals surface area (Å²) in [4.78, 5) is 14.0. The number of sulfonamides is 2. The summed E-state index contributed by atoms with van der Waals surface area (Å²) >= 11 is 0. The van der Waals surface area contributed by atoms with Gasteiger partial charge in [-0.25, -0.2) is 16.8 Å². The Kier molecular flexibility index (Phi) is 8.02. The largest absolute Gasteiger partial charge is 0.324 e. The highest BCUT2D eigenvalue weighted by Crippen LogP contribution is 2.32. The summed E-state index contributed by atoms with van der Waals surface area (Å²) < 4.78 is 57.0. The van der Waals surface area contributed by atoms with Crippen LogP contribution in [0, 0.1) is 6.92 Å². The van der Waals surface area contributed by atoms with Gasteiger partial charge in [0, 0.05) is 25.3 Å². The molecular formula is C31H33N3O5S2. The zero-order chi connectivity index (χ0) is 29.4. The van der Waals surface area contributed by atoms with Crippen molar-refractivity contribution < 1.29 is 21.6 Å². The van der Waals surface area contributed by atoms with Gasteiger partial charge < -0.3 is 5.32 Å². The van der Waals surface area contributed by atoms with Crippen molar-refractivity contribution in [2.45, 2.75) is 49.6 Å². The molecular weight excluding hydrogens is 558 g/mol. The fourth-order valence-electron chi connectivity index (χ4n) is 5.26. The van der Waals surface area contributed by atoms with Crippen LogP contribution < -0.4 is 5.32 Å². The lowest BCUT2D eigenvalue weighted by Crippen LogP contribution is -2.50. The van der Waals surface area contributed by atoms with Gasteiger partial charge in [-0.05, 0) is 65.1 Å². The van der Waals surface area contributed by atoms with Gasteiger partial charge in [-0.3, -0.25) is 4.79 Å². The average Bonchev–Trinajstić information content (AvgIpc) is 2.97. The molecule has 1 atom stereocenters. The molecule has 0 unspecified atom stereocenters. The number of rotatable bonds is 8. The van der Waals surface area contributed by atoms with E-state index in [2.05, 4.69) is 5.32 Å². The topological polar surface area (TPSA) is 104 Å². The molecule has 0 saturated heterocycles. The van der Waals surface area contributed by atoms with E-state index in [-0.39, 0.29) is 22.8 Å². The number of hydrogen-bond acceptors (Lipinski definition) is 5. The second-order valence-corrected chi connectivity index (χ2v) is 13.9. The number of nitrogens with one attached hydrogen (secondary N) is 1. The Morgan fingerprint density at radius 2 is 1.46 bits per heavy atom. The monoisotopic (exact) mass is 591 g/mol. The molecule has 1 aliphatic rings. The van der Waals surface area contributed by atoms with Gasteiger partial charge >= 0.3 is 0 Å². The molecule has 4 aromatic carbocycles. The van der Waals surface area contributed by atoms with Gasteiger partial charge in [0.2, 0.25) is 26.0 Å². The Bertz CT molecular complexity index is 1830. The molecule has 4 aromatic rings. The van der Waals surface area contributed by atoms with Crippen molar-refractivity contribution in [1.82, 2.24) is 8.61 Å². The van der Waals surface area contributed by atoms with Gasteiger partial charge in [0.25, 0.3) is 0 Å². The minimum Gasteiger partial charge on any atom is -0.324 e. The van der Waals surface area contributed by atoms with Crippen LogP contribution in [0.5, 0.6) is 0 Å². The number of nitrogens with zero attached hydrogens (tertiary/aromatic N) is 2. The second-order valence-electron chi connectivity index (χ2n) is 10.1. The van der Waals surface area contributed by atoms with Crippen LogP contribution in [0.15, 0.2) is 94.7 Å². The summed E-state index contributed by atoms with van der Waals surface area (Å²) in [6, 6.07) is 23.5. The molecule has 1 heterocycles. The number of fused-ring (bicyclic) bond motifs is 2. The lowest BCUT2D eigenvalue weighted by atomic mass is 9.95. The van der Waals surface area contributed by atoms with Crippen LogP contribution >= 0.6 is 0 Å². The van der Waals surface area contributed by atoms with Gasteiger partial charge in [0.1, 0.15) is 6.04 Å². The van der Waals surface area contributed by atoms with E-state index in [1.54, 1.807) is 45.0 Å². The summed E-state index contributed by atoms with van der Waals surface area (Å²) in [6.45, 7) is 5.98. The Labute approximate surface area is 241 Å². The van der Waals surface area contributed by atoms with Crippen LogP contribution in [0.4, 0.5) is 5.69 Å². The molecule has 8 nitrogen and oxygen atoms in total. The summed E-state index contributed by atoms with van der Waals surface area (Å²) in [5.41, 5.74) is 2.72. The molecule has 214 valence electrons. The van der Waals surface area contributed by atoms with E-state index >= 15 is 0 Å². The molecule has 1 aliphatic heterocycles. The van der Waals surface area contributed by atoms with Crippen molar-refractivity contribution >= 4 is 42.4 Å². The summed E-state index contributed by atoms with van der Waals surface area (Å²) in [6.07, 6.45) is 0.186. The zero-order valence-corrected chi connectivity index (χ0v) is 24.9. The number of carbonyl (C=O) groups excluding carboxylic acids is 1. The molecule has 10 heteroatoms. The molecule has 0 radical (unpaired) electrons. The number of benzene rings is 4.